The van der Waals surface area contributed by atoms with E-state index in [4.69, 9.17) is 5.73 Å². The van der Waals surface area contributed by atoms with Gasteiger partial charge in [-0.05, 0) is 46.4 Å². The predicted octanol–water partition coefficient (Wildman–Crippen LogP) is 1.53. The molecule has 0 aromatic carbocycles. The van der Waals surface area contributed by atoms with Crippen LogP contribution >= 0.6 is 0 Å². The number of hydrogen-bond acceptors (Lipinski definition) is 3. The molecule has 0 radical (unpaired) electrons. The SMILES string of the molecule is CCCCC(CN)N1CCC(N(C)C)CC1. The van der Waals surface area contributed by atoms with Gasteiger partial charge in [-0.25, -0.2) is 0 Å². The second-order valence-corrected chi connectivity index (χ2v) is 5.26. The van der Waals surface area contributed by atoms with Crippen LogP contribution in [-0.4, -0.2) is 55.6 Å². The highest BCUT2D eigenvalue weighted by Gasteiger charge is 2.24. The summed E-state index contributed by atoms with van der Waals surface area (Å²) in [5.41, 5.74) is 5.89. The Balaban J connectivity index is 2.32. The maximum Gasteiger partial charge on any atom is 0.0218 e. The van der Waals surface area contributed by atoms with Crippen molar-refractivity contribution >= 4 is 0 Å². The van der Waals surface area contributed by atoms with Gasteiger partial charge in [-0.2, -0.15) is 0 Å². The molecular weight excluding hydrogens is 198 g/mol. The number of nitrogens with zero attached hydrogens (tertiary/aromatic N) is 2. The molecule has 0 aliphatic carbocycles. The Bertz CT molecular complexity index is 174. The zero-order valence-corrected chi connectivity index (χ0v) is 11.3. The van der Waals surface area contributed by atoms with Crippen molar-refractivity contribution in [2.75, 3.05) is 33.7 Å². The maximum atomic E-state index is 5.89. The van der Waals surface area contributed by atoms with E-state index >= 15 is 0 Å². The molecule has 1 atom stereocenters. The molecule has 0 aromatic rings. The van der Waals surface area contributed by atoms with E-state index in [0.717, 1.165) is 12.6 Å². The maximum absolute atomic E-state index is 5.89. The predicted molar refractivity (Wildman–Crippen MR) is 70.6 cm³/mol. The molecule has 0 bridgehead atoms. The fourth-order valence-electron chi connectivity index (χ4n) is 2.66. The third-order valence-electron chi connectivity index (χ3n) is 3.91. The third-order valence-corrected chi connectivity index (χ3v) is 3.91. The van der Waals surface area contributed by atoms with Crippen LogP contribution in [0.5, 0.6) is 0 Å². The molecule has 1 unspecified atom stereocenters. The second-order valence-electron chi connectivity index (χ2n) is 5.26. The zero-order chi connectivity index (χ0) is 12.0. The van der Waals surface area contributed by atoms with Crippen LogP contribution in [0, 0.1) is 0 Å². The summed E-state index contributed by atoms with van der Waals surface area (Å²) in [6.07, 6.45) is 6.48. The summed E-state index contributed by atoms with van der Waals surface area (Å²) in [4.78, 5) is 4.97. The van der Waals surface area contributed by atoms with E-state index < -0.39 is 0 Å². The lowest BCUT2D eigenvalue weighted by Gasteiger charge is -2.39. The minimum atomic E-state index is 0.628. The highest BCUT2D eigenvalue weighted by Crippen LogP contribution is 2.18. The van der Waals surface area contributed by atoms with Crippen LogP contribution in [0.1, 0.15) is 39.0 Å². The third kappa shape index (κ3) is 4.04. The Hall–Kier alpha value is -0.120. The zero-order valence-electron chi connectivity index (χ0n) is 11.3. The van der Waals surface area contributed by atoms with E-state index in [9.17, 15) is 0 Å². The van der Waals surface area contributed by atoms with Crippen LogP contribution in [0.25, 0.3) is 0 Å². The minimum Gasteiger partial charge on any atom is -0.329 e. The van der Waals surface area contributed by atoms with Gasteiger partial charge in [0.15, 0.2) is 0 Å². The quantitative estimate of drug-likeness (QED) is 0.747. The molecule has 1 heterocycles. The lowest BCUT2D eigenvalue weighted by molar-refractivity contribution is 0.106. The lowest BCUT2D eigenvalue weighted by atomic mass is 10.00. The van der Waals surface area contributed by atoms with E-state index in [2.05, 4.69) is 30.8 Å². The van der Waals surface area contributed by atoms with Crippen LogP contribution in [0.2, 0.25) is 0 Å². The topological polar surface area (TPSA) is 32.5 Å². The van der Waals surface area contributed by atoms with E-state index in [1.54, 1.807) is 0 Å². The first-order valence-electron chi connectivity index (χ1n) is 6.79. The molecule has 1 aliphatic rings. The standard InChI is InChI=1S/C13H29N3/c1-4-5-6-13(11-14)16-9-7-12(8-10-16)15(2)3/h12-13H,4-11,14H2,1-3H3. The Morgan fingerprint density at radius 2 is 1.94 bits per heavy atom. The summed E-state index contributed by atoms with van der Waals surface area (Å²) >= 11 is 0. The molecule has 0 spiro atoms. The first-order chi connectivity index (χ1) is 7.69. The van der Waals surface area contributed by atoms with E-state index in [1.165, 1.54) is 45.2 Å². The number of rotatable bonds is 6. The van der Waals surface area contributed by atoms with Gasteiger partial charge < -0.3 is 10.6 Å². The summed E-state index contributed by atoms with van der Waals surface area (Å²) in [5.74, 6) is 0. The van der Waals surface area contributed by atoms with Crippen LogP contribution < -0.4 is 5.73 Å². The molecule has 0 saturated carbocycles. The van der Waals surface area contributed by atoms with Crippen molar-refractivity contribution in [1.29, 1.82) is 0 Å². The normalized spacial score (nSPS) is 21.6. The van der Waals surface area contributed by atoms with Crippen LogP contribution in [-0.2, 0) is 0 Å². The molecule has 16 heavy (non-hydrogen) atoms. The van der Waals surface area contributed by atoms with Crippen LogP contribution in [0.3, 0.4) is 0 Å². The summed E-state index contributed by atoms with van der Waals surface area (Å²) in [7, 11) is 4.38. The van der Waals surface area contributed by atoms with E-state index in [-0.39, 0.29) is 0 Å². The minimum absolute atomic E-state index is 0.628. The van der Waals surface area contributed by atoms with Gasteiger partial charge in [0.1, 0.15) is 0 Å². The Morgan fingerprint density at radius 3 is 2.38 bits per heavy atom. The largest absolute Gasteiger partial charge is 0.329 e. The fraction of sp³-hybridized carbons (Fsp3) is 1.00. The van der Waals surface area contributed by atoms with E-state index in [1.807, 2.05) is 0 Å². The van der Waals surface area contributed by atoms with E-state index in [0.29, 0.717) is 6.04 Å². The Labute approximate surface area is 101 Å². The second kappa shape index (κ2) is 7.25. The molecule has 1 fully saturated rings. The molecule has 0 aromatic heterocycles. The molecule has 1 saturated heterocycles. The number of unbranched alkanes of at least 4 members (excludes halogenated alkanes) is 1. The molecule has 96 valence electrons. The molecule has 0 amide bonds. The van der Waals surface area contributed by atoms with Gasteiger partial charge in [0.05, 0.1) is 0 Å². The lowest BCUT2D eigenvalue weighted by Crippen LogP contribution is -2.48. The number of piperidine rings is 1. The van der Waals surface area contributed by atoms with Crippen molar-refractivity contribution < 1.29 is 0 Å². The summed E-state index contributed by atoms with van der Waals surface area (Å²) in [6.45, 7) is 5.54. The van der Waals surface area contributed by atoms with Gasteiger partial charge in [0.2, 0.25) is 0 Å². The molecule has 3 nitrogen and oxygen atoms in total. The van der Waals surface area contributed by atoms with Gasteiger partial charge in [-0.3, -0.25) is 4.90 Å². The van der Waals surface area contributed by atoms with Gasteiger partial charge in [0, 0.05) is 18.6 Å². The molecule has 3 heteroatoms. The smallest absolute Gasteiger partial charge is 0.0218 e. The average molecular weight is 227 g/mol. The van der Waals surface area contributed by atoms with Crippen molar-refractivity contribution in [2.45, 2.75) is 51.1 Å². The van der Waals surface area contributed by atoms with Gasteiger partial charge in [0.25, 0.3) is 0 Å². The number of hydrogen-bond donors (Lipinski definition) is 1. The van der Waals surface area contributed by atoms with Crippen LogP contribution in [0.15, 0.2) is 0 Å². The highest BCUT2D eigenvalue weighted by atomic mass is 15.2. The monoisotopic (exact) mass is 227 g/mol. The van der Waals surface area contributed by atoms with Gasteiger partial charge in [-0.15, -0.1) is 0 Å². The average Bonchev–Trinajstić information content (AvgIpc) is 2.30. The van der Waals surface area contributed by atoms with Crippen molar-refractivity contribution in [2.24, 2.45) is 5.73 Å². The molecular formula is C13H29N3. The van der Waals surface area contributed by atoms with Crippen molar-refractivity contribution in [3.05, 3.63) is 0 Å². The molecule has 2 N–H and O–H groups in total. The first-order valence-corrected chi connectivity index (χ1v) is 6.79. The van der Waals surface area contributed by atoms with Crippen LogP contribution in [0.4, 0.5) is 0 Å². The Morgan fingerprint density at radius 1 is 1.31 bits per heavy atom. The number of likely N-dealkylation sites (tertiary alicyclic amines) is 1. The van der Waals surface area contributed by atoms with Crippen molar-refractivity contribution in [3.63, 3.8) is 0 Å². The Kier molecular flexibility index (Phi) is 6.32. The van der Waals surface area contributed by atoms with Gasteiger partial charge in [-0.1, -0.05) is 19.8 Å². The number of nitrogens with two attached hydrogens (primary N) is 1. The van der Waals surface area contributed by atoms with Crippen molar-refractivity contribution in [1.82, 2.24) is 9.80 Å². The first kappa shape index (κ1) is 13.9. The summed E-state index contributed by atoms with van der Waals surface area (Å²) in [5, 5.41) is 0. The highest BCUT2D eigenvalue weighted by molar-refractivity contribution is 4.81. The van der Waals surface area contributed by atoms with Crippen molar-refractivity contribution in [3.8, 4) is 0 Å². The summed E-state index contributed by atoms with van der Waals surface area (Å²) < 4.78 is 0. The molecule has 1 aliphatic heterocycles. The summed E-state index contributed by atoms with van der Waals surface area (Å²) in [6, 6.07) is 1.41. The van der Waals surface area contributed by atoms with Gasteiger partial charge >= 0.3 is 0 Å². The fourth-order valence-corrected chi connectivity index (χ4v) is 2.66. The molecule has 1 rings (SSSR count).